The van der Waals surface area contributed by atoms with Crippen LogP contribution in [0.1, 0.15) is 37.8 Å². The van der Waals surface area contributed by atoms with Crippen molar-refractivity contribution >= 4 is 22.7 Å². The number of hydrogen-bond donors (Lipinski definition) is 3. The molecule has 7 nitrogen and oxygen atoms in total. The van der Waals surface area contributed by atoms with E-state index in [2.05, 4.69) is 33.5 Å². The number of fused-ring (bicyclic) bond motifs is 1. The Morgan fingerprint density at radius 2 is 1.93 bits per heavy atom. The van der Waals surface area contributed by atoms with Gasteiger partial charge in [-0.25, -0.2) is 5.01 Å². The van der Waals surface area contributed by atoms with Gasteiger partial charge in [-0.2, -0.15) is 0 Å². The van der Waals surface area contributed by atoms with Crippen LogP contribution in [0, 0.1) is 0 Å². The largest absolute Gasteiger partial charge is 0.370 e. The molecule has 148 valence electrons. The maximum Gasteiger partial charge on any atom is 0.221 e. The lowest BCUT2D eigenvalue weighted by atomic mass is 10.2. The molecular weight excluding hydrogens is 342 g/mol. The van der Waals surface area contributed by atoms with Crippen LogP contribution in [0.2, 0.25) is 0 Å². The zero-order valence-corrected chi connectivity index (χ0v) is 16.3. The summed E-state index contributed by atoms with van der Waals surface area (Å²) in [6, 6.07) is 10.4. The molecule has 0 atom stereocenters. The Hall–Kier alpha value is -2.38. The molecule has 1 heterocycles. The van der Waals surface area contributed by atoms with E-state index in [4.69, 9.17) is 5.73 Å². The van der Waals surface area contributed by atoms with E-state index in [1.165, 1.54) is 11.1 Å². The average molecular weight is 374 g/mol. The third-order valence-corrected chi connectivity index (χ3v) is 4.66. The van der Waals surface area contributed by atoms with Crippen LogP contribution < -0.4 is 16.5 Å². The van der Waals surface area contributed by atoms with Crippen molar-refractivity contribution in [3.05, 3.63) is 36.0 Å². The van der Waals surface area contributed by atoms with Crippen LogP contribution in [0.3, 0.4) is 0 Å². The summed E-state index contributed by atoms with van der Waals surface area (Å²) in [4.78, 5) is 22.9. The number of aromatic nitrogens is 1. The monoisotopic (exact) mass is 373 g/mol. The van der Waals surface area contributed by atoms with Crippen molar-refractivity contribution in [2.45, 2.75) is 45.2 Å². The van der Waals surface area contributed by atoms with Crippen molar-refractivity contribution in [2.75, 3.05) is 20.6 Å². The molecule has 0 bridgehead atoms. The summed E-state index contributed by atoms with van der Waals surface area (Å²) < 4.78 is 2.22. The summed E-state index contributed by atoms with van der Waals surface area (Å²) in [7, 11) is 3.89. The Kier molecular flexibility index (Phi) is 8.29. The van der Waals surface area contributed by atoms with Gasteiger partial charge in [-0.15, -0.1) is 0 Å². The zero-order chi connectivity index (χ0) is 19.6. The van der Waals surface area contributed by atoms with Gasteiger partial charge in [-0.3, -0.25) is 15.0 Å². The topological polar surface area (TPSA) is 92.4 Å². The van der Waals surface area contributed by atoms with Gasteiger partial charge in [0.05, 0.1) is 6.54 Å². The fraction of sp³-hybridized carbons (Fsp3) is 0.500. The van der Waals surface area contributed by atoms with E-state index >= 15 is 0 Å². The Labute approximate surface area is 160 Å². The molecule has 2 amide bonds. The van der Waals surface area contributed by atoms with Crippen molar-refractivity contribution in [1.82, 2.24) is 20.3 Å². The predicted molar refractivity (Wildman–Crippen MR) is 108 cm³/mol. The minimum Gasteiger partial charge on any atom is -0.370 e. The van der Waals surface area contributed by atoms with Crippen LogP contribution in [0.4, 0.5) is 0 Å². The highest BCUT2D eigenvalue weighted by Gasteiger charge is 2.11. The molecule has 0 saturated heterocycles. The second kappa shape index (κ2) is 10.7. The van der Waals surface area contributed by atoms with Gasteiger partial charge < -0.3 is 15.6 Å². The van der Waals surface area contributed by atoms with Crippen LogP contribution in [0.5, 0.6) is 0 Å². The van der Waals surface area contributed by atoms with Crippen LogP contribution >= 0.6 is 0 Å². The van der Waals surface area contributed by atoms with Crippen LogP contribution in [-0.4, -0.2) is 42.0 Å². The molecule has 2 aromatic rings. The summed E-state index contributed by atoms with van der Waals surface area (Å²) in [6.45, 7) is 2.04. The number of nitrogens with one attached hydrogen (secondary N) is 2. The van der Waals surface area contributed by atoms with Gasteiger partial charge in [0.15, 0.2) is 0 Å². The number of rotatable bonds is 12. The van der Waals surface area contributed by atoms with Crippen molar-refractivity contribution in [1.29, 1.82) is 0 Å². The molecule has 0 saturated carbocycles. The number of carbonyl (C=O) groups is 2. The molecule has 27 heavy (non-hydrogen) atoms. The minimum atomic E-state index is -0.266. The van der Waals surface area contributed by atoms with E-state index in [9.17, 15) is 9.59 Å². The highest BCUT2D eigenvalue weighted by molar-refractivity contribution is 5.82. The number of aryl methyl sites for hydroxylation is 1. The highest BCUT2D eigenvalue weighted by Crippen LogP contribution is 2.21. The SMILES string of the molecule is CNN(C)Cc1cc2ccccc2n1CCC(=O)NCCCCCC(N)=O. The van der Waals surface area contributed by atoms with Crippen LogP contribution in [-0.2, 0) is 22.7 Å². The van der Waals surface area contributed by atoms with E-state index in [0.717, 1.165) is 31.3 Å². The molecule has 0 fully saturated rings. The second-order valence-corrected chi connectivity index (χ2v) is 6.80. The summed E-state index contributed by atoms with van der Waals surface area (Å²) >= 11 is 0. The van der Waals surface area contributed by atoms with Gasteiger partial charge >= 0.3 is 0 Å². The molecule has 0 unspecified atom stereocenters. The Balaban J connectivity index is 1.87. The van der Waals surface area contributed by atoms with Gasteiger partial charge in [0, 0.05) is 44.2 Å². The number of unbranched alkanes of at least 4 members (excludes halogenated alkanes) is 2. The minimum absolute atomic E-state index is 0.0515. The first-order valence-corrected chi connectivity index (χ1v) is 9.52. The lowest BCUT2D eigenvalue weighted by Crippen LogP contribution is -2.31. The maximum absolute atomic E-state index is 12.2. The number of benzene rings is 1. The molecule has 7 heteroatoms. The molecule has 4 N–H and O–H groups in total. The summed E-state index contributed by atoms with van der Waals surface area (Å²) in [5.41, 5.74) is 10.6. The molecule has 0 spiro atoms. The lowest BCUT2D eigenvalue weighted by molar-refractivity contribution is -0.121. The molecule has 1 aromatic carbocycles. The Morgan fingerprint density at radius 1 is 1.15 bits per heavy atom. The average Bonchev–Trinajstić information content (AvgIpc) is 2.99. The normalized spacial score (nSPS) is 11.2. The van der Waals surface area contributed by atoms with Crippen molar-refractivity contribution in [2.24, 2.45) is 5.73 Å². The van der Waals surface area contributed by atoms with Crippen LogP contribution in [0.15, 0.2) is 30.3 Å². The maximum atomic E-state index is 12.2. The standard InChI is InChI=1S/C20H31N5O2/c1-22-24(2)15-17-14-16-8-5-6-9-18(16)25(17)13-11-20(27)23-12-7-3-4-10-19(21)26/h5-6,8-9,14,22H,3-4,7,10-13,15H2,1-2H3,(H2,21,26)(H,23,27). The van der Waals surface area contributed by atoms with E-state index in [-0.39, 0.29) is 11.8 Å². The van der Waals surface area contributed by atoms with Crippen LogP contribution in [0.25, 0.3) is 10.9 Å². The second-order valence-electron chi connectivity index (χ2n) is 6.80. The van der Waals surface area contributed by atoms with E-state index < -0.39 is 0 Å². The first kappa shape index (κ1) is 20.9. The first-order chi connectivity index (χ1) is 13.0. The van der Waals surface area contributed by atoms with Crippen molar-refractivity contribution in [3.63, 3.8) is 0 Å². The third-order valence-electron chi connectivity index (χ3n) is 4.66. The number of amides is 2. The molecule has 2 rings (SSSR count). The van der Waals surface area contributed by atoms with Crippen molar-refractivity contribution < 1.29 is 9.59 Å². The number of primary amides is 1. The molecule has 0 aliphatic carbocycles. The summed E-state index contributed by atoms with van der Waals surface area (Å²) in [5, 5.41) is 6.16. The highest BCUT2D eigenvalue weighted by atomic mass is 16.1. The van der Waals surface area contributed by atoms with E-state index in [1.807, 2.05) is 31.2 Å². The number of carbonyl (C=O) groups excluding carboxylic acids is 2. The quantitative estimate of drug-likeness (QED) is 0.390. The number of hydrazine groups is 1. The number of nitrogens with zero attached hydrogens (tertiary/aromatic N) is 2. The van der Waals surface area contributed by atoms with Crippen molar-refractivity contribution in [3.8, 4) is 0 Å². The fourth-order valence-electron chi connectivity index (χ4n) is 3.12. The number of nitrogens with two attached hydrogens (primary N) is 1. The fourth-order valence-corrected chi connectivity index (χ4v) is 3.12. The molecule has 0 aliphatic rings. The number of hydrogen-bond acceptors (Lipinski definition) is 4. The third kappa shape index (κ3) is 6.69. The Bertz CT molecular complexity index is 756. The van der Waals surface area contributed by atoms with Gasteiger partial charge in [0.2, 0.25) is 11.8 Å². The molecule has 0 aliphatic heterocycles. The molecule has 0 radical (unpaired) electrons. The smallest absolute Gasteiger partial charge is 0.221 e. The predicted octanol–water partition coefficient (Wildman–Crippen LogP) is 1.76. The first-order valence-electron chi connectivity index (χ1n) is 9.52. The van der Waals surface area contributed by atoms with Gasteiger partial charge in [-0.1, -0.05) is 24.6 Å². The van der Waals surface area contributed by atoms with E-state index in [0.29, 0.717) is 25.9 Å². The Morgan fingerprint density at radius 3 is 2.67 bits per heavy atom. The molecular formula is C20H31N5O2. The van der Waals surface area contributed by atoms with Gasteiger partial charge in [-0.05, 0) is 37.4 Å². The molecule has 1 aromatic heterocycles. The summed E-state index contributed by atoms with van der Waals surface area (Å²) in [5.74, 6) is -0.215. The van der Waals surface area contributed by atoms with Gasteiger partial charge in [0.1, 0.15) is 0 Å². The number of para-hydroxylation sites is 1. The summed E-state index contributed by atoms with van der Waals surface area (Å²) in [6.07, 6.45) is 3.40. The lowest BCUT2D eigenvalue weighted by Gasteiger charge is -2.17. The van der Waals surface area contributed by atoms with E-state index in [1.54, 1.807) is 0 Å². The van der Waals surface area contributed by atoms with Gasteiger partial charge in [0.25, 0.3) is 0 Å². The zero-order valence-electron chi connectivity index (χ0n) is 16.3.